The zero-order valence-corrected chi connectivity index (χ0v) is 22.3. The average molecular weight is 594 g/mol. The van der Waals surface area contributed by atoms with E-state index in [4.69, 9.17) is 0 Å². The van der Waals surface area contributed by atoms with Crippen LogP contribution in [0.2, 0.25) is 0 Å². The van der Waals surface area contributed by atoms with E-state index >= 15 is 0 Å². The van der Waals surface area contributed by atoms with Gasteiger partial charge in [0.2, 0.25) is 5.67 Å². The molecule has 0 spiro atoms. The number of carboxylic acids is 1. The Morgan fingerprint density at radius 1 is 0.881 bits per heavy atom. The van der Waals surface area contributed by atoms with Crippen molar-refractivity contribution < 1.29 is 45.4 Å². The number of carbonyl (C=O) groups is 2. The second-order valence-corrected chi connectivity index (χ2v) is 11.1. The van der Waals surface area contributed by atoms with Crippen LogP contribution in [0.5, 0.6) is 0 Å². The molecule has 5 rings (SSSR count). The first-order valence-electron chi connectivity index (χ1n) is 13.2. The Labute approximate surface area is 236 Å². The van der Waals surface area contributed by atoms with E-state index in [0.29, 0.717) is 36.5 Å². The second kappa shape index (κ2) is 10.1. The number of carboxylic acid groups (broad SMARTS) is 1. The van der Waals surface area contributed by atoms with Crippen molar-refractivity contribution in [3.63, 3.8) is 0 Å². The van der Waals surface area contributed by atoms with Gasteiger partial charge >= 0.3 is 18.3 Å². The third-order valence-corrected chi connectivity index (χ3v) is 8.66. The van der Waals surface area contributed by atoms with E-state index in [9.17, 15) is 45.4 Å². The monoisotopic (exact) mass is 593 g/mol. The smallest absolute Gasteiger partial charge is 0.426 e. The van der Waals surface area contributed by atoms with Crippen LogP contribution in [0.25, 0.3) is 0 Å². The number of carbonyl (C=O) groups excluding carboxylic acids is 1. The van der Waals surface area contributed by atoms with Gasteiger partial charge in [-0.25, -0.2) is 9.18 Å². The molecule has 0 aromatic heterocycles. The number of halogens is 7. The molecular weight excluding hydrogens is 567 g/mol. The Balaban J connectivity index is 1.56. The highest BCUT2D eigenvalue weighted by Crippen LogP contribution is 2.51. The fourth-order valence-electron chi connectivity index (χ4n) is 6.36. The van der Waals surface area contributed by atoms with E-state index in [0.717, 1.165) is 18.2 Å². The number of benzene rings is 3. The first-order chi connectivity index (χ1) is 19.5. The molecule has 3 aromatic carbocycles. The summed E-state index contributed by atoms with van der Waals surface area (Å²) in [5.74, 6) is -1.51. The van der Waals surface area contributed by atoms with Gasteiger partial charge in [0.05, 0.1) is 11.1 Å². The van der Waals surface area contributed by atoms with Gasteiger partial charge in [0.1, 0.15) is 0 Å². The van der Waals surface area contributed by atoms with Crippen LogP contribution in [0, 0.1) is 0 Å². The minimum absolute atomic E-state index is 0.00531. The molecule has 11 heteroatoms. The van der Waals surface area contributed by atoms with Crippen molar-refractivity contribution in [3.8, 4) is 0 Å². The SMILES string of the molecule is CC(F)(c1ccc2c(c1)CCC1N(C(=O)c3ccc(C(=O)O)cc3)CCC21Cc1ccc(C(F)(F)F)cc1)C(F)(F)F. The van der Waals surface area contributed by atoms with Gasteiger partial charge < -0.3 is 10.0 Å². The Kier molecular flexibility index (Phi) is 7.14. The number of likely N-dealkylation sites (tertiary alicyclic amines) is 1. The molecule has 4 nitrogen and oxygen atoms in total. The predicted octanol–water partition coefficient (Wildman–Crippen LogP) is 7.49. The molecule has 0 radical (unpaired) electrons. The highest BCUT2D eigenvalue weighted by atomic mass is 19.4. The van der Waals surface area contributed by atoms with Gasteiger partial charge in [-0.05, 0) is 91.3 Å². The van der Waals surface area contributed by atoms with E-state index in [1.54, 1.807) is 4.90 Å². The van der Waals surface area contributed by atoms with E-state index in [-0.39, 0.29) is 36.4 Å². The normalized spacial score (nSPS) is 21.8. The van der Waals surface area contributed by atoms with Crippen LogP contribution in [-0.2, 0) is 30.1 Å². The van der Waals surface area contributed by atoms with Crippen LogP contribution in [0.4, 0.5) is 30.7 Å². The van der Waals surface area contributed by atoms with E-state index < -0.39 is 46.6 Å². The molecular formula is C31H26F7NO3. The quantitative estimate of drug-likeness (QED) is 0.312. The number of nitrogens with zero attached hydrogens (tertiary/aromatic N) is 1. The highest BCUT2D eigenvalue weighted by Gasteiger charge is 2.55. The summed E-state index contributed by atoms with van der Waals surface area (Å²) in [5, 5.41) is 9.18. The van der Waals surface area contributed by atoms with Crippen LogP contribution >= 0.6 is 0 Å². The third kappa shape index (κ3) is 5.03. The molecule has 0 saturated carbocycles. The molecule has 42 heavy (non-hydrogen) atoms. The first-order valence-corrected chi connectivity index (χ1v) is 13.2. The maximum Gasteiger partial charge on any atom is 0.426 e. The minimum atomic E-state index is -5.14. The molecule has 0 bridgehead atoms. The van der Waals surface area contributed by atoms with Crippen molar-refractivity contribution in [1.29, 1.82) is 0 Å². The van der Waals surface area contributed by atoms with E-state index in [1.165, 1.54) is 48.5 Å². The molecule has 1 saturated heterocycles. The molecule has 2 aliphatic rings. The lowest BCUT2D eigenvalue weighted by Crippen LogP contribution is -2.49. The molecule has 3 atom stereocenters. The molecule has 1 amide bonds. The molecule has 1 N–H and O–H groups in total. The fraction of sp³-hybridized carbons (Fsp3) is 0.355. The summed E-state index contributed by atoms with van der Waals surface area (Å²) >= 11 is 0. The maximum absolute atomic E-state index is 14.9. The van der Waals surface area contributed by atoms with Crippen molar-refractivity contribution in [2.75, 3.05) is 6.54 Å². The Morgan fingerprint density at radius 2 is 1.48 bits per heavy atom. The summed E-state index contributed by atoms with van der Waals surface area (Å²) in [4.78, 5) is 26.5. The summed E-state index contributed by atoms with van der Waals surface area (Å²) in [6, 6.07) is 13.4. The molecule has 1 aliphatic heterocycles. The van der Waals surface area contributed by atoms with Gasteiger partial charge in [-0.1, -0.05) is 30.3 Å². The fourth-order valence-corrected chi connectivity index (χ4v) is 6.36. The summed E-state index contributed by atoms with van der Waals surface area (Å²) in [6.07, 6.45) is -8.49. The van der Waals surface area contributed by atoms with Gasteiger partial charge in [0.15, 0.2) is 0 Å². The maximum atomic E-state index is 14.9. The minimum Gasteiger partial charge on any atom is -0.478 e. The van der Waals surface area contributed by atoms with Crippen molar-refractivity contribution in [3.05, 3.63) is 106 Å². The first kappa shape index (κ1) is 29.6. The van der Waals surface area contributed by atoms with E-state index in [1.807, 2.05) is 0 Å². The summed E-state index contributed by atoms with van der Waals surface area (Å²) in [6.45, 7) is 0.722. The summed E-state index contributed by atoms with van der Waals surface area (Å²) < 4.78 is 94.9. The standard InChI is InChI=1S/C31H26F7NO3/c1-28(32,31(36,37)38)23-11-12-24-21(16-23)8-13-25-29(24,17-18-2-9-22(10-3-18)30(33,34)35)14-15-39(25)26(40)19-4-6-20(7-5-19)27(41)42/h2-7,9-12,16,25H,8,13-15,17H2,1H3,(H,41,42). The largest absolute Gasteiger partial charge is 0.478 e. The lowest BCUT2D eigenvalue weighted by atomic mass is 9.63. The number of aryl methyl sites for hydroxylation is 1. The number of hydrogen-bond donors (Lipinski definition) is 1. The number of alkyl halides is 7. The number of rotatable bonds is 5. The van der Waals surface area contributed by atoms with E-state index in [2.05, 4.69) is 0 Å². The highest BCUT2D eigenvalue weighted by molar-refractivity contribution is 5.96. The third-order valence-electron chi connectivity index (χ3n) is 8.66. The molecule has 3 unspecified atom stereocenters. The van der Waals surface area contributed by atoms with Gasteiger partial charge in [-0.3, -0.25) is 4.79 Å². The topological polar surface area (TPSA) is 57.6 Å². The van der Waals surface area contributed by atoms with Crippen LogP contribution in [-0.4, -0.2) is 40.6 Å². The number of hydrogen-bond acceptors (Lipinski definition) is 2. The Bertz CT molecular complexity index is 1510. The van der Waals surface area contributed by atoms with Crippen molar-refractivity contribution in [1.82, 2.24) is 4.90 Å². The molecule has 222 valence electrons. The summed E-state index contributed by atoms with van der Waals surface area (Å²) in [7, 11) is 0. The Morgan fingerprint density at radius 3 is 2.05 bits per heavy atom. The summed E-state index contributed by atoms with van der Waals surface area (Å²) in [5.41, 5.74) is -3.85. The van der Waals surface area contributed by atoms with Crippen molar-refractivity contribution in [2.45, 2.75) is 62.1 Å². The zero-order chi connectivity index (χ0) is 30.7. The van der Waals surface area contributed by atoms with Crippen LogP contribution in [0.1, 0.15) is 68.3 Å². The zero-order valence-electron chi connectivity index (χ0n) is 22.3. The second-order valence-electron chi connectivity index (χ2n) is 11.1. The van der Waals surface area contributed by atoms with Gasteiger partial charge in [0, 0.05) is 23.6 Å². The molecule has 1 fully saturated rings. The lowest BCUT2D eigenvalue weighted by Gasteiger charge is -2.44. The van der Waals surface area contributed by atoms with Gasteiger partial charge in [-0.15, -0.1) is 0 Å². The van der Waals surface area contributed by atoms with Crippen molar-refractivity contribution >= 4 is 11.9 Å². The predicted molar refractivity (Wildman–Crippen MR) is 139 cm³/mol. The van der Waals surface area contributed by atoms with Gasteiger partial charge in [0.25, 0.3) is 5.91 Å². The average Bonchev–Trinajstić information content (AvgIpc) is 3.31. The van der Waals surface area contributed by atoms with Crippen LogP contribution in [0.3, 0.4) is 0 Å². The number of aromatic carboxylic acids is 1. The number of amides is 1. The molecule has 1 heterocycles. The van der Waals surface area contributed by atoms with Crippen molar-refractivity contribution in [2.24, 2.45) is 0 Å². The number of fused-ring (bicyclic) bond motifs is 3. The van der Waals surface area contributed by atoms with Crippen LogP contribution in [0.15, 0.2) is 66.7 Å². The van der Waals surface area contributed by atoms with Gasteiger partial charge in [-0.2, -0.15) is 26.3 Å². The lowest BCUT2D eigenvalue weighted by molar-refractivity contribution is -0.228. The Hall–Kier alpha value is -3.89. The van der Waals surface area contributed by atoms with Crippen LogP contribution < -0.4 is 0 Å². The molecule has 3 aromatic rings. The molecule has 1 aliphatic carbocycles.